The first-order chi connectivity index (χ1) is 9.00. The topological polar surface area (TPSA) is 56.1 Å². The number of Topliss-reactive ketones (excluding diaryl/α,β-unsaturated/α-hetero) is 1. The number of hydrogen-bond donors (Lipinski definition) is 0. The molecule has 0 bridgehead atoms. The summed E-state index contributed by atoms with van der Waals surface area (Å²) >= 11 is 0. The predicted molar refractivity (Wildman–Crippen MR) is 70.8 cm³/mol. The highest BCUT2D eigenvalue weighted by Gasteiger charge is 2.29. The maximum absolute atomic E-state index is 12.5. The first kappa shape index (κ1) is 12.2. The van der Waals surface area contributed by atoms with Gasteiger partial charge in [0.15, 0.2) is 5.78 Å². The highest BCUT2D eigenvalue weighted by molar-refractivity contribution is 7.90. The Labute approximate surface area is 111 Å². The van der Waals surface area contributed by atoms with Gasteiger partial charge in [-0.05, 0) is 37.1 Å². The van der Waals surface area contributed by atoms with Gasteiger partial charge in [-0.2, -0.15) is 0 Å². The molecule has 2 aromatic rings. The second kappa shape index (κ2) is 4.06. The van der Waals surface area contributed by atoms with Crippen LogP contribution in [-0.4, -0.2) is 18.2 Å². The lowest BCUT2D eigenvalue weighted by atomic mass is 10.2. The van der Waals surface area contributed by atoms with Crippen molar-refractivity contribution in [3.63, 3.8) is 0 Å². The number of benzene rings is 1. The molecule has 1 aliphatic carbocycles. The van der Waals surface area contributed by atoms with Gasteiger partial charge in [0.05, 0.1) is 4.90 Å². The van der Waals surface area contributed by atoms with Crippen molar-refractivity contribution in [3.8, 4) is 0 Å². The van der Waals surface area contributed by atoms with Crippen molar-refractivity contribution in [2.45, 2.75) is 24.7 Å². The van der Waals surface area contributed by atoms with Crippen LogP contribution in [0.2, 0.25) is 0 Å². The fraction of sp³-hybridized carbons (Fsp3) is 0.214. The van der Waals surface area contributed by atoms with Crippen molar-refractivity contribution in [2.24, 2.45) is 0 Å². The Morgan fingerprint density at radius 2 is 1.74 bits per heavy atom. The van der Waals surface area contributed by atoms with Gasteiger partial charge in [-0.3, -0.25) is 4.79 Å². The van der Waals surface area contributed by atoms with Gasteiger partial charge in [0.2, 0.25) is 0 Å². The summed E-state index contributed by atoms with van der Waals surface area (Å²) in [6.45, 7) is 1.90. The summed E-state index contributed by atoms with van der Waals surface area (Å²) in [7, 11) is -3.67. The molecule has 0 N–H and O–H groups in total. The van der Waals surface area contributed by atoms with Crippen LogP contribution in [-0.2, 0) is 16.4 Å². The van der Waals surface area contributed by atoms with E-state index in [1.54, 1.807) is 30.3 Å². The molecular weight excluding hydrogens is 262 g/mol. The highest BCUT2D eigenvalue weighted by Crippen LogP contribution is 2.26. The molecule has 0 amide bonds. The normalized spacial score (nSPS) is 14.7. The van der Waals surface area contributed by atoms with Crippen molar-refractivity contribution in [1.29, 1.82) is 0 Å². The fourth-order valence-electron chi connectivity index (χ4n) is 2.35. The van der Waals surface area contributed by atoms with Gasteiger partial charge in [-0.1, -0.05) is 17.7 Å². The van der Waals surface area contributed by atoms with Crippen molar-refractivity contribution in [2.75, 3.05) is 0 Å². The maximum Gasteiger partial charge on any atom is 0.268 e. The minimum atomic E-state index is -3.67. The Morgan fingerprint density at radius 3 is 2.42 bits per heavy atom. The molecule has 0 spiro atoms. The molecule has 0 radical (unpaired) electrons. The number of ketones is 1. The summed E-state index contributed by atoms with van der Waals surface area (Å²) < 4.78 is 26.2. The lowest BCUT2D eigenvalue weighted by Gasteiger charge is -2.08. The first-order valence-electron chi connectivity index (χ1n) is 6.06. The van der Waals surface area contributed by atoms with E-state index in [9.17, 15) is 13.2 Å². The summed E-state index contributed by atoms with van der Waals surface area (Å²) in [4.78, 5) is 12.0. The number of nitrogens with zero attached hydrogens (tertiary/aromatic N) is 1. The maximum atomic E-state index is 12.5. The predicted octanol–water partition coefficient (Wildman–Crippen LogP) is 2.16. The molecule has 4 nitrogen and oxygen atoms in total. The standard InChI is InChI=1S/C14H13NO3S/c1-10-2-5-12(6-3-10)19(17,18)15-9-8-11-4-7-13(16)14(11)15/h2-3,5-6,8-9H,4,7H2,1H3. The Bertz CT molecular complexity index is 754. The van der Waals surface area contributed by atoms with Gasteiger partial charge in [-0.25, -0.2) is 12.4 Å². The molecule has 0 unspecified atom stereocenters. The Balaban J connectivity index is 2.16. The van der Waals surface area contributed by atoms with E-state index in [2.05, 4.69) is 0 Å². The SMILES string of the molecule is Cc1ccc(S(=O)(=O)n2ccc3c2C(=O)CC3)cc1. The van der Waals surface area contributed by atoms with E-state index in [4.69, 9.17) is 0 Å². The summed E-state index contributed by atoms with van der Waals surface area (Å²) in [5, 5.41) is 0. The molecule has 5 heteroatoms. The van der Waals surface area contributed by atoms with E-state index in [1.807, 2.05) is 6.92 Å². The zero-order chi connectivity index (χ0) is 13.6. The summed E-state index contributed by atoms with van der Waals surface area (Å²) in [6, 6.07) is 8.34. The molecular formula is C14H13NO3S. The van der Waals surface area contributed by atoms with Crippen LogP contribution in [0.25, 0.3) is 0 Å². The number of carbonyl (C=O) groups excluding carboxylic acids is 1. The lowest BCUT2D eigenvalue weighted by molar-refractivity contribution is 0.0989. The average Bonchev–Trinajstić information content (AvgIpc) is 2.94. The number of carbonyl (C=O) groups is 1. The highest BCUT2D eigenvalue weighted by atomic mass is 32.2. The number of rotatable bonds is 2. The Hall–Kier alpha value is -1.88. The minimum Gasteiger partial charge on any atom is -0.292 e. The van der Waals surface area contributed by atoms with Crippen LogP contribution >= 0.6 is 0 Å². The van der Waals surface area contributed by atoms with E-state index in [0.29, 0.717) is 18.5 Å². The van der Waals surface area contributed by atoms with Crippen molar-refractivity contribution < 1.29 is 13.2 Å². The molecule has 1 heterocycles. The lowest BCUT2D eigenvalue weighted by Crippen LogP contribution is -2.16. The summed E-state index contributed by atoms with van der Waals surface area (Å²) in [6.07, 6.45) is 2.50. The zero-order valence-corrected chi connectivity index (χ0v) is 11.3. The third kappa shape index (κ3) is 1.81. The third-order valence-corrected chi connectivity index (χ3v) is 5.09. The second-order valence-electron chi connectivity index (χ2n) is 4.73. The van der Waals surface area contributed by atoms with Gasteiger partial charge in [0.25, 0.3) is 10.0 Å². The van der Waals surface area contributed by atoms with Crippen LogP contribution in [0.5, 0.6) is 0 Å². The van der Waals surface area contributed by atoms with E-state index in [0.717, 1.165) is 15.1 Å². The molecule has 1 aliphatic rings. The van der Waals surface area contributed by atoms with Gasteiger partial charge in [0, 0.05) is 12.6 Å². The van der Waals surface area contributed by atoms with Crippen LogP contribution in [0.15, 0.2) is 41.4 Å². The van der Waals surface area contributed by atoms with Crippen molar-refractivity contribution in [1.82, 2.24) is 3.97 Å². The van der Waals surface area contributed by atoms with Crippen LogP contribution in [0.3, 0.4) is 0 Å². The zero-order valence-electron chi connectivity index (χ0n) is 10.5. The monoisotopic (exact) mass is 275 g/mol. The van der Waals surface area contributed by atoms with E-state index in [1.165, 1.54) is 6.20 Å². The quantitative estimate of drug-likeness (QED) is 0.844. The van der Waals surface area contributed by atoms with Gasteiger partial charge in [0.1, 0.15) is 5.69 Å². The molecule has 0 atom stereocenters. The van der Waals surface area contributed by atoms with Gasteiger partial charge < -0.3 is 0 Å². The smallest absolute Gasteiger partial charge is 0.268 e. The Morgan fingerprint density at radius 1 is 1.05 bits per heavy atom. The molecule has 19 heavy (non-hydrogen) atoms. The minimum absolute atomic E-state index is 0.101. The molecule has 1 aromatic heterocycles. The molecule has 98 valence electrons. The average molecular weight is 275 g/mol. The largest absolute Gasteiger partial charge is 0.292 e. The van der Waals surface area contributed by atoms with Crippen LogP contribution < -0.4 is 0 Å². The number of fused-ring (bicyclic) bond motifs is 1. The molecule has 0 saturated heterocycles. The van der Waals surface area contributed by atoms with E-state index >= 15 is 0 Å². The molecule has 1 aromatic carbocycles. The molecule has 0 saturated carbocycles. The van der Waals surface area contributed by atoms with Crippen LogP contribution in [0.4, 0.5) is 0 Å². The fourth-order valence-corrected chi connectivity index (χ4v) is 3.73. The van der Waals surface area contributed by atoms with Crippen LogP contribution in [0.1, 0.15) is 28.0 Å². The first-order valence-corrected chi connectivity index (χ1v) is 7.50. The van der Waals surface area contributed by atoms with Crippen molar-refractivity contribution in [3.05, 3.63) is 53.3 Å². The van der Waals surface area contributed by atoms with Crippen LogP contribution in [0, 0.1) is 6.92 Å². The van der Waals surface area contributed by atoms with Crippen molar-refractivity contribution >= 4 is 15.8 Å². The summed E-state index contributed by atoms with van der Waals surface area (Å²) in [5.41, 5.74) is 2.13. The summed E-state index contributed by atoms with van der Waals surface area (Å²) in [5.74, 6) is -0.101. The number of aryl methyl sites for hydroxylation is 2. The second-order valence-corrected chi connectivity index (χ2v) is 6.54. The van der Waals surface area contributed by atoms with Gasteiger partial charge >= 0.3 is 0 Å². The van der Waals surface area contributed by atoms with Gasteiger partial charge in [-0.15, -0.1) is 0 Å². The molecule has 3 rings (SSSR count). The number of aromatic nitrogens is 1. The van der Waals surface area contributed by atoms with E-state index in [-0.39, 0.29) is 10.7 Å². The Kier molecular flexibility index (Phi) is 2.60. The van der Waals surface area contributed by atoms with E-state index < -0.39 is 10.0 Å². The molecule has 0 aliphatic heterocycles. The molecule has 0 fully saturated rings. The number of hydrogen-bond acceptors (Lipinski definition) is 3. The third-order valence-electron chi connectivity index (χ3n) is 3.40.